The largest absolute Gasteiger partial charge is 0.383 e. The van der Waals surface area contributed by atoms with Crippen LogP contribution in [0, 0.1) is 0 Å². The summed E-state index contributed by atoms with van der Waals surface area (Å²) in [5.41, 5.74) is 9.28. The highest BCUT2D eigenvalue weighted by atomic mass is 16.2. The molecule has 7 nitrogen and oxygen atoms in total. The molecule has 1 saturated heterocycles. The number of unbranched alkanes of at least 4 members (excludes halogenated alkanes) is 1. The van der Waals surface area contributed by atoms with Gasteiger partial charge in [0.05, 0.1) is 13.0 Å². The third-order valence-corrected chi connectivity index (χ3v) is 5.93. The first kappa shape index (κ1) is 20.6. The predicted octanol–water partition coefficient (Wildman–Crippen LogP) is 3.35. The third kappa shape index (κ3) is 4.73. The smallest absolute Gasteiger partial charge is 0.233 e. The Kier molecular flexibility index (Phi) is 6.47. The van der Waals surface area contributed by atoms with Crippen molar-refractivity contribution in [1.82, 2.24) is 14.9 Å². The van der Waals surface area contributed by atoms with Crippen molar-refractivity contribution in [1.29, 1.82) is 0 Å². The molecule has 3 N–H and O–H groups in total. The van der Waals surface area contributed by atoms with Crippen LogP contribution in [0.2, 0.25) is 0 Å². The lowest BCUT2D eigenvalue weighted by molar-refractivity contribution is -0.117. The van der Waals surface area contributed by atoms with Crippen molar-refractivity contribution in [2.45, 2.75) is 58.5 Å². The first-order valence-electron chi connectivity index (χ1n) is 11.1. The molecule has 0 atom stereocenters. The number of aromatic nitrogens is 2. The van der Waals surface area contributed by atoms with Crippen LogP contribution in [-0.2, 0) is 24.3 Å². The van der Waals surface area contributed by atoms with Gasteiger partial charge in [0, 0.05) is 18.7 Å². The van der Waals surface area contributed by atoms with Crippen molar-refractivity contribution in [3.63, 3.8) is 0 Å². The van der Waals surface area contributed by atoms with E-state index in [-0.39, 0.29) is 12.3 Å². The van der Waals surface area contributed by atoms with E-state index in [0.717, 1.165) is 37.1 Å². The summed E-state index contributed by atoms with van der Waals surface area (Å²) in [6.45, 7) is 6.81. The van der Waals surface area contributed by atoms with Gasteiger partial charge in [0.15, 0.2) is 0 Å². The lowest BCUT2D eigenvalue weighted by Crippen LogP contribution is -2.29. The van der Waals surface area contributed by atoms with E-state index < -0.39 is 0 Å². The average molecular weight is 409 g/mol. The van der Waals surface area contributed by atoms with Crippen LogP contribution >= 0.6 is 0 Å². The molecule has 1 aromatic carbocycles. The SMILES string of the molecule is CCCCNc1nc(N)c2c(n1)N(Cc1ccc(CN3CCCCC3)cc1)C(=O)C2. The molecule has 7 heteroatoms. The van der Waals surface area contributed by atoms with Crippen LogP contribution in [0.3, 0.4) is 0 Å². The maximum Gasteiger partial charge on any atom is 0.233 e. The van der Waals surface area contributed by atoms with Gasteiger partial charge in [-0.05, 0) is 43.5 Å². The number of carbonyl (C=O) groups excluding carboxylic acids is 1. The Balaban J connectivity index is 1.45. The summed E-state index contributed by atoms with van der Waals surface area (Å²) in [5.74, 6) is 1.56. The quantitative estimate of drug-likeness (QED) is 0.652. The summed E-state index contributed by atoms with van der Waals surface area (Å²) in [5, 5.41) is 3.22. The van der Waals surface area contributed by atoms with Gasteiger partial charge in [-0.15, -0.1) is 0 Å². The second-order valence-electron chi connectivity index (χ2n) is 8.32. The van der Waals surface area contributed by atoms with E-state index in [1.54, 1.807) is 4.90 Å². The van der Waals surface area contributed by atoms with Gasteiger partial charge in [-0.1, -0.05) is 44.0 Å². The van der Waals surface area contributed by atoms with Crippen molar-refractivity contribution in [2.75, 3.05) is 35.6 Å². The highest BCUT2D eigenvalue weighted by Crippen LogP contribution is 2.32. The number of benzene rings is 1. The number of nitrogens with one attached hydrogen (secondary N) is 1. The van der Waals surface area contributed by atoms with Crippen molar-refractivity contribution >= 4 is 23.5 Å². The van der Waals surface area contributed by atoms with Crippen LogP contribution in [-0.4, -0.2) is 40.4 Å². The fourth-order valence-corrected chi connectivity index (χ4v) is 4.17. The second kappa shape index (κ2) is 9.43. The average Bonchev–Trinajstić information content (AvgIpc) is 3.06. The van der Waals surface area contributed by atoms with Crippen LogP contribution in [0.5, 0.6) is 0 Å². The number of piperidine rings is 1. The van der Waals surface area contributed by atoms with E-state index >= 15 is 0 Å². The Morgan fingerprint density at radius 1 is 1.03 bits per heavy atom. The van der Waals surface area contributed by atoms with Crippen LogP contribution in [0.1, 0.15) is 55.7 Å². The minimum Gasteiger partial charge on any atom is -0.383 e. The van der Waals surface area contributed by atoms with Gasteiger partial charge in [0.25, 0.3) is 0 Å². The molecule has 1 aromatic heterocycles. The molecule has 0 bridgehead atoms. The highest BCUT2D eigenvalue weighted by molar-refractivity contribution is 6.01. The monoisotopic (exact) mass is 408 g/mol. The zero-order valence-corrected chi connectivity index (χ0v) is 17.9. The fourth-order valence-electron chi connectivity index (χ4n) is 4.17. The summed E-state index contributed by atoms with van der Waals surface area (Å²) < 4.78 is 0. The van der Waals surface area contributed by atoms with Gasteiger partial charge in [-0.2, -0.15) is 9.97 Å². The molecule has 1 amide bonds. The standard InChI is InChI=1S/C23H32N6O/c1-2-3-11-25-23-26-21(24)19-14-20(30)29(22(19)27-23)16-18-9-7-17(8-10-18)15-28-12-5-4-6-13-28/h7-10H,2-6,11-16H2,1H3,(H3,24,25,26,27). The molecule has 4 rings (SSSR count). The summed E-state index contributed by atoms with van der Waals surface area (Å²) in [6, 6.07) is 8.60. The van der Waals surface area contributed by atoms with Crippen LogP contribution in [0.4, 0.5) is 17.6 Å². The molecule has 0 aliphatic carbocycles. The van der Waals surface area contributed by atoms with Crippen LogP contribution < -0.4 is 16.0 Å². The van der Waals surface area contributed by atoms with Crippen molar-refractivity contribution in [3.05, 3.63) is 41.0 Å². The molecule has 0 unspecified atom stereocenters. The summed E-state index contributed by atoms with van der Waals surface area (Å²) >= 11 is 0. The van der Waals surface area contributed by atoms with Crippen molar-refractivity contribution in [2.24, 2.45) is 0 Å². The van der Waals surface area contributed by atoms with Crippen molar-refractivity contribution < 1.29 is 4.79 Å². The molecule has 2 aliphatic heterocycles. The Morgan fingerprint density at radius 2 is 1.73 bits per heavy atom. The number of amides is 1. The van der Waals surface area contributed by atoms with Gasteiger partial charge in [-0.25, -0.2) is 0 Å². The van der Waals surface area contributed by atoms with E-state index in [1.165, 1.54) is 37.9 Å². The Labute approximate surface area is 178 Å². The number of hydrogen-bond acceptors (Lipinski definition) is 6. The summed E-state index contributed by atoms with van der Waals surface area (Å²) in [7, 11) is 0. The number of carbonyl (C=O) groups is 1. The molecule has 0 saturated carbocycles. The van der Waals surface area contributed by atoms with Gasteiger partial charge in [-0.3, -0.25) is 14.6 Å². The number of nitrogens with zero attached hydrogens (tertiary/aromatic N) is 4. The number of nitrogen functional groups attached to an aromatic ring is 1. The van der Waals surface area contributed by atoms with Crippen LogP contribution in [0.15, 0.2) is 24.3 Å². The van der Waals surface area contributed by atoms with Gasteiger partial charge in [0.2, 0.25) is 11.9 Å². The molecule has 2 aliphatic rings. The number of rotatable bonds is 8. The van der Waals surface area contributed by atoms with Gasteiger partial charge < -0.3 is 11.1 Å². The molecule has 160 valence electrons. The zero-order valence-electron chi connectivity index (χ0n) is 17.9. The summed E-state index contributed by atoms with van der Waals surface area (Å²) in [4.78, 5) is 25.9. The lowest BCUT2D eigenvalue weighted by Gasteiger charge is -2.26. The molecular formula is C23H32N6O. The molecule has 0 radical (unpaired) electrons. The zero-order chi connectivity index (χ0) is 20.9. The third-order valence-electron chi connectivity index (χ3n) is 5.93. The maximum atomic E-state index is 12.7. The number of anilines is 3. The number of hydrogen-bond donors (Lipinski definition) is 2. The predicted molar refractivity (Wildman–Crippen MR) is 120 cm³/mol. The van der Waals surface area contributed by atoms with E-state index in [2.05, 4.69) is 51.4 Å². The maximum absolute atomic E-state index is 12.7. The molecule has 30 heavy (non-hydrogen) atoms. The number of nitrogens with two attached hydrogens (primary N) is 1. The van der Waals surface area contributed by atoms with E-state index in [0.29, 0.717) is 24.1 Å². The number of likely N-dealkylation sites (tertiary alicyclic amines) is 1. The van der Waals surface area contributed by atoms with E-state index in [1.807, 2.05) is 0 Å². The first-order chi connectivity index (χ1) is 14.6. The van der Waals surface area contributed by atoms with E-state index in [4.69, 9.17) is 5.73 Å². The molecule has 3 heterocycles. The number of fused-ring (bicyclic) bond motifs is 1. The molecule has 0 spiro atoms. The first-order valence-corrected chi connectivity index (χ1v) is 11.1. The second-order valence-corrected chi connectivity index (χ2v) is 8.32. The Morgan fingerprint density at radius 3 is 2.43 bits per heavy atom. The fraction of sp³-hybridized carbons (Fsp3) is 0.522. The Bertz CT molecular complexity index is 876. The minimum absolute atomic E-state index is 0.0223. The normalized spacial score (nSPS) is 16.7. The van der Waals surface area contributed by atoms with Gasteiger partial charge in [0.1, 0.15) is 11.6 Å². The lowest BCUT2D eigenvalue weighted by atomic mass is 10.1. The van der Waals surface area contributed by atoms with Crippen LogP contribution in [0.25, 0.3) is 0 Å². The highest BCUT2D eigenvalue weighted by Gasteiger charge is 2.32. The molecule has 2 aromatic rings. The topological polar surface area (TPSA) is 87.4 Å². The van der Waals surface area contributed by atoms with Crippen molar-refractivity contribution in [3.8, 4) is 0 Å². The Hall–Kier alpha value is -2.67. The van der Waals surface area contributed by atoms with Gasteiger partial charge >= 0.3 is 0 Å². The molecular weight excluding hydrogens is 376 g/mol. The molecule has 1 fully saturated rings. The minimum atomic E-state index is 0.0223. The van der Waals surface area contributed by atoms with E-state index in [9.17, 15) is 4.79 Å². The summed E-state index contributed by atoms with van der Waals surface area (Å²) in [6.07, 6.45) is 6.34.